The maximum atomic E-state index is 13.9. The van der Waals surface area contributed by atoms with Crippen LogP contribution in [0.5, 0.6) is 6.01 Å². The molecule has 4 aliphatic rings. The Morgan fingerprint density at radius 2 is 2.02 bits per heavy atom. The summed E-state index contributed by atoms with van der Waals surface area (Å²) < 4.78 is 20.2. The fourth-order valence-electron chi connectivity index (χ4n) is 7.28. The Balaban J connectivity index is 1.35. The lowest BCUT2D eigenvalue weighted by molar-refractivity contribution is -0.131. The Morgan fingerprint density at radius 1 is 1.16 bits per heavy atom. The lowest BCUT2D eigenvalue weighted by Crippen LogP contribution is -2.55. The number of carbonyl (C=O) groups excluding carboxylic acids is 1. The molecule has 232 valence electrons. The molecular formula is C34H42FN7O2. The average Bonchev–Trinajstić information content (AvgIpc) is 3.31. The quantitative estimate of drug-likeness (QED) is 0.418. The van der Waals surface area contributed by atoms with E-state index in [4.69, 9.17) is 14.7 Å². The Bertz CT molecular complexity index is 1490. The molecule has 2 fully saturated rings. The minimum absolute atomic E-state index is 0.0969. The molecule has 1 aliphatic carbocycles. The van der Waals surface area contributed by atoms with Crippen molar-refractivity contribution < 1.29 is 13.9 Å². The largest absolute Gasteiger partial charge is 0.462 e. The van der Waals surface area contributed by atoms with Gasteiger partial charge in [0.05, 0.1) is 30.8 Å². The van der Waals surface area contributed by atoms with Crippen molar-refractivity contribution in [3.8, 4) is 12.1 Å². The second-order valence-electron chi connectivity index (χ2n) is 12.6. The second-order valence-corrected chi connectivity index (χ2v) is 12.6. The maximum absolute atomic E-state index is 13.9. The van der Waals surface area contributed by atoms with Gasteiger partial charge < -0.3 is 24.3 Å². The second kappa shape index (κ2) is 12.9. The van der Waals surface area contributed by atoms with E-state index in [1.807, 2.05) is 0 Å². The van der Waals surface area contributed by atoms with Crippen LogP contribution in [0.15, 0.2) is 36.7 Å². The normalized spacial score (nSPS) is 23.5. The van der Waals surface area contributed by atoms with E-state index >= 15 is 0 Å². The SMILES string of the molecule is C=C(F)C(=O)N1CCN(c2nc(OC[C@@H]3CCCN3C)nc3c2CCCN(c2cccc4c2C(C)CC=C4)C3)C[C@@H]1CC#N. The number of hydrogen-bond acceptors (Lipinski definition) is 8. The zero-order valence-electron chi connectivity index (χ0n) is 25.8. The number of ether oxygens (including phenoxy) is 1. The van der Waals surface area contributed by atoms with Gasteiger partial charge in [0.15, 0.2) is 5.83 Å². The van der Waals surface area contributed by atoms with Gasteiger partial charge in [0.1, 0.15) is 12.4 Å². The molecule has 0 bridgehead atoms. The maximum Gasteiger partial charge on any atom is 0.318 e. The van der Waals surface area contributed by atoms with Gasteiger partial charge in [-0.1, -0.05) is 37.8 Å². The molecule has 3 atom stereocenters. The van der Waals surface area contributed by atoms with Crippen molar-refractivity contribution in [2.45, 2.75) is 70.0 Å². The van der Waals surface area contributed by atoms with E-state index in [2.05, 4.69) is 71.7 Å². The van der Waals surface area contributed by atoms with Crippen LogP contribution in [0.4, 0.5) is 15.9 Å². The van der Waals surface area contributed by atoms with Crippen molar-refractivity contribution in [1.82, 2.24) is 19.8 Å². The number of carbonyl (C=O) groups is 1. The number of likely N-dealkylation sites (tertiary alicyclic amines) is 1. The van der Waals surface area contributed by atoms with Gasteiger partial charge in [0.25, 0.3) is 5.91 Å². The summed E-state index contributed by atoms with van der Waals surface area (Å²) >= 11 is 0. The van der Waals surface area contributed by atoms with Crippen molar-refractivity contribution in [3.05, 3.63) is 59.1 Å². The van der Waals surface area contributed by atoms with Crippen LogP contribution in [0.2, 0.25) is 0 Å². The standard InChI is InChI=1S/C34H42FN7O2/c1-23-8-4-9-25-10-5-13-30(31(23)25)40-17-7-12-28-29(21-40)37-34(44-22-27-11-6-16-39(27)3)38-32(28)41-18-19-42(33(43)24(2)35)26(20-41)14-15-36/h4-5,9-10,13,23,26-27H,2,6-8,11-12,14,16-22H2,1,3H3/t23?,26-,27-/m0/s1. The third-order valence-electron chi connectivity index (χ3n) is 9.66. The van der Waals surface area contributed by atoms with E-state index in [0.717, 1.165) is 62.3 Å². The number of fused-ring (bicyclic) bond motifs is 2. The molecular weight excluding hydrogens is 557 g/mol. The molecule has 3 aliphatic heterocycles. The van der Waals surface area contributed by atoms with Crippen molar-refractivity contribution in [1.29, 1.82) is 5.26 Å². The lowest BCUT2D eigenvalue weighted by Gasteiger charge is -2.41. The fraction of sp³-hybridized carbons (Fsp3) is 0.529. The summed E-state index contributed by atoms with van der Waals surface area (Å²) in [6, 6.07) is 8.97. The number of benzene rings is 1. The number of rotatable bonds is 7. The van der Waals surface area contributed by atoms with Crippen LogP contribution in [0.3, 0.4) is 0 Å². The molecule has 1 amide bonds. The summed E-state index contributed by atoms with van der Waals surface area (Å²) in [5, 5.41) is 9.54. The minimum atomic E-state index is -1.00. The van der Waals surface area contributed by atoms with Crippen molar-refractivity contribution in [3.63, 3.8) is 0 Å². The van der Waals surface area contributed by atoms with E-state index in [1.54, 1.807) is 0 Å². The summed E-state index contributed by atoms with van der Waals surface area (Å²) in [4.78, 5) is 30.9. The van der Waals surface area contributed by atoms with E-state index < -0.39 is 17.8 Å². The van der Waals surface area contributed by atoms with Crippen LogP contribution in [0.25, 0.3) is 6.08 Å². The van der Waals surface area contributed by atoms with Gasteiger partial charge in [0.2, 0.25) is 0 Å². The number of aromatic nitrogens is 2. The predicted octanol–water partition coefficient (Wildman–Crippen LogP) is 4.84. The topological polar surface area (TPSA) is 88.8 Å². The average molecular weight is 600 g/mol. The summed E-state index contributed by atoms with van der Waals surface area (Å²) in [6.07, 6.45) is 9.60. The molecule has 0 spiro atoms. The first-order chi connectivity index (χ1) is 21.3. The molecule has 0 saturated carbocycles. The van der Waals surface area contributed by atoms with Gasteiger partial charge >= 0.3 is 6.01 Å². The number of piperazine rings is 1. The smallest absolute Gasteiger partial charge is 0.318 e. The summed E-state index contributed by atoms with van der Waals surface area (Å²) in [7, 11) is 2.13. The van der Waals surface area contributed by atoms with Gasteiger partial charge in [-0.05, 0) is 68.8 Å². The summed E-state index contributed by atoms with van der Waals surface area (Å²) in [6.45, 7) is 9.73. The number of anilines is 2. The molecule has 6 rings (SSSR count). The molecule has 1 aromatic carbocycles. The number of allylic oxidation sites excluding steroid dienone is 1. The predicted molar refractivity (Wildman–Crippen MR) is 169 cm³/mol. The molecule has 4 heterocycles. The first-order valence-corrected chi connectivity index (χ1v) is 15.9. The van der Waals surface area contributed by atoms with Crippen LogP contribution in [0.1, 0.15) is 67.3 Å². The Kier molecular flexibility index (Phi) is 8.85. The van der Waals surface area contributed by atoms with E-state index in [-0.39, 0.29) is 13.0 Å². The third-order valence-corrected chi connectivity index (χ3v) is 9.66. The van der Waals surface area contributed by atoms with Crippen molar-refractivity contribution >= 4 is 23.5 Å². The summed E-state index contributed by atoms with van der Waals surface area (Å²) in [5.74, 6) is -0.513. The zero-order chi connectivity index (χ0) is 30.8. The Labute approximate surface area is 259 Å². The molecule has 2 saturated heterocycles. The highest BCUT2D eigenvalue weighted by atomic mass is 19.1. The lowest BCUT2D eigenvalue weighted by atomic mass is 9.86. The van der Waals surface area contributed by atoms with Gasteiger partial charge in [-0.25, -0.2) is 4.39 Å². The molecule has 10 heteroatoms. The molecule has 9 nitrogen and oxygen atoms in total. The van der Waals surface area contributed by atoms with Crippen LogP contribution < -0.4 is 14.5 Å². The number of nitriles is 1. The summed E-state index contributed by atoms with van der Waals surface area (Å²) in [5.41, 5.74) is 5.97. The van der Waals surface area contributed by atoms with E-state index in [9.17, 15) is 14.4 Å². The van der Waals surface area contributed by atoms with Crippen molar-refractivity contribution in [2.24, 2.45) is 0 Å². The van der Waals surface area contributed by atoms with Gasteiger partial charge in [-0.2, -0.15) is 15.2 Å². The molecule has 44 heavy (non-hydrogen) atoms. The van der Waals surface area contributed by atoms with Crippen LogP contribution in [0, 0.1) is 11.3 Å². The van der Waals surface area contributed by atoms with Crippen LogP contribution in [-0.4, -0.2) is 84.1 Å². The van der Waals surface area contributed by atoms with Crippen LogP contribution >= 0.6 is 0 Å². The first kappa shape index (κ1) is 30.1. The molecule has 1 aromatic heterocycles. The zero-order valence-corrected chi connectivity index (χ0v) is 25.8. The third kappa shape index (κ3) is 6.03. The number of hydrogen-bond donors (Lipinski definition) is 0. The number of nitrogens with zero attached hydrogens (tertiary/aromatic N) is 7. The molecule has 0 radical (unpaired) electrons. The number of likely N-dealkylation sites (N-methyl/N-ethyl adjacent to an activating group) is 1. The first-order valence-electron chi connectivity index (χ1n) is 15.9. The van der Waals surface area contributed by atoms with E-state index in [1.165, 1.54) is 21.7 Å². The molecule has 0 N–H and O–H groups in total. The monoisotopic (exact) mass is 599 g/mol. The number of halogens is 1. The Morgan fingerprint density at radius 3 is 2.80 bits per heavy atom. The molecule has 2 aromatic rings. The van der Waals surface area contributed by atoms with Gasteiger partial charge in [-0.3, -0.25) is 4.79 Å². The molecule has 1 unspecified atom stereocenters. The van der Waals surface area contributed by atoms with Gasteiger partial charge in [0, 0.05) is 43.5 Å². The Hall–Kier alpha value is -3.97. The van der Waals surface area contributed by atoms with Crippen molar-refractivity contribution in [2.75, 3.05) is 56.2 Å². The number of amides is 1. The van der Waals surface area contributed by atoms with E-state index in [0.29, 0.717) is 44.2 Å². The highest BCUT2D eigenvalue weighted by molar-refractivity contribution is 5.91. The highest BCUT2D eigenvalue weighted by Gasteiger charge is 2.35. The van der Waals surface area contributed by atoms with Gasteiger partial charge in [-0.15, -0.1) is 0 Å². The van der Waals surface area contributed by atoms with Crippen LogP contribution in [-0.2, 0) is 17.8 Å². The highest BCUT2D eigenvalue weighted by Crippen LogP contribution is 2.39. The fourth-order valence-corrected chi connectivity index (χ4v) is 7.28. The minimum Gasteiger partial charge on any atom is -0.462 e.